The number of hydrogen-bond acceptors (Lipinski definition) is 9. The summed E-state index contributed by atoms with van der Waals surface area (Å²) in [5, 5.41) is 25.6. The number of imidazole rings is 2. The molecule has 18 heteroatoms. The predicted octanol–water partition coefficient (Wildman–Crippen LogP) is 0.993. The Hall–Kier alpha value is -5.91. The summed E-state index contributed by atoms with van der Waals surface area (Å²) in [4.78, 5) is 68.6. The molecule has 3 aliphatic rings. The van der Waals surface area contributed by atoms with Crippen LogP contribution >= 0.6 is 0 Å². The minimum Gasteiger partial charge on any atom is -0.385 e. The number of fused-ring (bicyclic) bond motifs is 2. The van der Waals surface area contributed by atoms with Crippen LogP contribution in [0, 0.1) is 5.41 Å². The van der Waals surface area contributed by atoms with Gasteiger partial charge in [-0.05, 0) is 49.4 Å². The topological polar surface area (TPSA) is 217 Å². The number of nitrogens with zero attached hydrogens (tertiary/aromatic N) is 6. The van der Waals surface area contributed by atoms with Gasteiger partial charge in [-0.3, -0.25) is 28.8 Å². The van der Waals surface area contributed by atoms with Crippen LogP contribution in [0.1, 0.15) is 72.7 Å². The molecule has 2 aliphatic heterocycles. The number of hydrogen-bond donors (Lipinski definition) is 6. The molecule has 3 fully saturated rings. The van der Waals surface area contributed by atoms with Crippen LogP contribution in [0.4, 0.5) is 14.9 Å². The molecular weight excluding hydrogens is 711 g/mol. The van der Waals surface area contributed by atoms with Crippen molar-refractivity contribution in [1.82, 2.24) is 44.6 Å². The zero-order valence-electron chi connectivity index (χ0n) is 30.8. The lowest BCUT2D eigenvalue weighted by Gasteiger charge is -2.36. The van der Waals surface area contributed by atoms with E-state index in [1.165, 1.54) is 21.5 Å². The van der Waals surface area contributed by atoms with Gasteiger partial charge in [0, 0.05) is 39.7 Å². The Kier molecular flexibility index (Phi) is 10.8. The number of allylic oxidation sites excluding steroid dienone is 1. The first kappa shape index (κ1) is 37.4. The monoisotopic (exact) mass is 757 g/mol. The molecule has 1 saturated carbocycles. The molecule has 1 aliphatic carbocycles. The van der Waals surface area contributed by atoms with Crippen molar-refractivity contribution >= 4 is 57.9 Å². The normalized spacial score (nSPS) is 20.0. The SMILES string of the molecule is CNc1cc(/C(C=N)=C/[NH2+]C2CN(C(=O)NCCCCCCc3ccc4c(c3)n(C)c(=O)n4C3CCC(=O)NC3=O)C2)nn2c(C(=O)N[C@@H]3C[C@@H]3F)cnc12. The lowest BCUT2D eigenvalue weighted by atomic mass is 10.0. The Morgan fingerprint density at radius 1 is 1.11 bits per heavy atom. The lowest BCUT2D eigenvalue weighted by Crippen LogP contribution is -2.93. The van der Waals surface area contributed by atoms with Gasteiger partial charge in [-0.2, -0.15) is 5.10 Å². The molecule has 2 saturated heterocycles. The van der Waals surface area contributed by atoms with Crippen molar-refractivity contribution in [2.75, 3.05) is 32.0 Å². The fraction of sp³-hybridized carbons (Fsp3) is 0.459. The minimum absolute atomic E-state index is 0.106. The predicted molar refractivity (Wildman–Crippen MR) is 202 cm³/mol. The molecule has 1 unspecified atom stereocenters. The van der Waals surface area contributed by atoms with E-state index in [4.69, 9.17) is 5.41 Å². The highest BCUT2D eigenvalue weighted by Crippen LogP contribution is 2.27. The van der Waals surface area contributed by atoms with Gasteiger partial charge in [0.25, 0.3) is 5.91 Å². The molecule has 17 nitrogen and oxygen atoms in total. The van der Waals surface area contributed by atoms with Crippen molar-refractivity contribution in [3.63, 3.8) is 0 Å². The molecule has 55 heavy (non-hydrogen) atoms. The summed E-state index contributed by atoms with van der Waals surface area (Å²) < 4.78 is 17.8. The van der Waals surface area contributed by atoms with Gasteiger partial charge in [-0.1, -0.05) is 18.9 Å². The second kappa shape index (κ2) is 15.8. The van der Waals surface area contributed by atoms with E-state index in [0.717, 1.165) is 43.2 Å². The highest BCUT2D eigenvalue weighted by molar-refractivity contribution is 6.07. The maximum Gasteiger partial charge on any atom is 0.329 e. The van der Waals surface area contributed by atoms with Gasteiger partial charge < -0.3 is 31.6 Å². The van der Waals surface area contributed by atoms with Crippen LogP contribution in [-0.2, 0) is 23.1 Å². The van der Waals surface area contributed by atoms with E-state index in [1.54, 1.807) is 35.8 Å². The van der Waals surface area contributed by atoms with Crippen LogP contribution in [0.5, 0.6) is 0 Å². The maximum atomic E-state index is 13.4. The number of carbonyl (C=O) groups excluding carboxylic acids is 4. The van der Waals surface area contributed by atoms with Crippen molar-refractivity contribution in [3.8, 4) is 0 Å². The van der Waals surface area contributed by atoms with E-state index in [1.807, 2.05) is 23.5 Å². The minimum atomic E-state index is -1.04. The van der Waals surface area contributed by atoms with Crippen molar-refractivity contribution in [1.29, 1.82) is 5.41 Å². The number of piperidine rings is 1. The third kappa shape index (κ3) is 7.85. The molecule has 5 amide bonds. The number of benzene rings is 1. The molecule has 3 atom stereocenters. The van der Waals surface area contributed by atoms with Crippen LogP contribution in [0.3, 0.4) is 0 Å². The molecule has 3 aromatic heterocycles. The van der Waals surface area contributed by atoms with Gasteiger partial charge >= 0.3 is 11.7 Å². The summed E-state index contributed by atoms with van der Waals surface area (Å²) in [7, 11) is 3.42. The van der Waals surface area contributed by atoms with E-state index in [0.29, 0.717) is 60.6 Å². The van der Waals surface area contributed by atoms with Gasteiger partial charge in [-0.25, -0.2) is 23.5 Å². The molecule has 290 valence electrons. The molecule has 1 aromatic carbocycles. The number of halogens is 1. The summed E-state index contributed by atoms with van der Waals surface area (Å²) >= 11 is 0. The highest BCUT2D eigenvalue weighted by Gasteiger charge is 2.39. The number of alkyl halides is 1. The number of aromatic nitrogens is 5. The van der Waals surface area contributed by atoms with Crippen LogP contribution in [0.2, 0.25) is 0 Å². The Labute approximate surface area is 315 Å². The van der Waals surface area contributed by atoms with E-state index < -0.39 is 30.1 Å². The number of amides is 5. The summed E-state index contributed by atoms with van der Waals surface area (Å²) in [5.74, 6) is -1.23. The zero-order valence-corrected chi connectivity index (χ0v) is 30.8. The molecule has 4 aromatic rings. The van der Waals surface area contributed by atoms with Crippen molar-refractivity contribution in [2.24, 2.45) is 7.05 Å². The smallest absolute Gasteiger partial charge is 0.329 e. The standard InChI is InChI=1S/C37H45FN12O5/c1-40-27-15-25(46-50-31(18-43-33(27)50)35(53)44-26-14-24(26)38)22(16-39)17-42-23-19-48(20-23)36(54)41-12-6-4-3-5-7-21-8-9-28-30(13-21)47(2)37(55)49(28)29-10-11-32(51)45-34(29)52/h8-9,13,15-18,23-24,26,29,39-40,42H,3-7,10-12,14,19-20H2,1-2H3,(H,41,54)(H,44,53)(H,45,51,52)/p+1/b22-17+,39-16?/t24-,26+,29?/m0/s1. The number of aryl methyl sites for hydroxylation is 2. The van der Waals surface area contributed by atoms with Crippen LogP contribution in [-0.4, -0.2) is 104 Å². The van der Waals surface area contributed by atoms with Gasteiger partial charge in [0.05, 0.1) is 47.6 Å². The van der Waals surface area contributed by atoms with Crippen LogP contribution in [0.25, 0.3) is 22.3 Å². The number of carbonyl (C=O) groups is 4. The third-order valence-electron chi connectivity index (χ3n) is 10.5. The number of anilines is 1. The third-order valence-corrected chi connectivity index (χ3v) is 10.5. The van der Waals surface area contributed by atoms with E-state index in [2.05, 4.69) is 31.3 Å². The first-order chi connectivity index (χ1) is 26.6. The fourth-order valence-electron chi connectivity index (χ4n) is 7.16. The number of imide groups is 1. The first-order valence-electron chi connectivity index (χ1n) is 18.7. The van der Waals surface area contributed by atoms with E-state index >= 15 is 0 Å². The average Bonchev–Trinajstić information content (AvgIpc) is 3.56. The number of likely N-dealkylation sites (tertiary alicyclic amines) is 1. The molecule has 7 rings (SSSR count). The number of urea groups is 1. The zero-order chi connectivity index (χ0) is 38.8. The van der Waals surface area contributed by atoms with Crippen molar-refractivity contribution in [3.05, 3.63) is 64.1 Å². The Morgan fingerprint density at radius 2 is 1.89 bits per heavy atom. The van der Waals surface area contributed by atoms with Crippen molar-refractivity contribution in [2.45, 2.75) is 75.7 Å². The summed E-state index contributed by atoms with van der Waals surface area (Å²) in [6.07, 6.45) is 8.73. The molecule has 0 spiro atoms. The fourth-order valence-corrected chi connectivity index (χ4v) is 7.16. The van der Waals surface area contributed by atoms with Crippen molar-refractivity contribution < 1.29 is 28.9 Å². The van der Waals surface area contributed by atoms with E-state index in [-0.39, 0.29) is 35.8 Å². The van der Waals surface area contributed by atoms with Gasteiger partial charge in [0.15, 0.2) is 11.3 Å². The Morgan fingerprint density at radius 3 is 2.62 bits per heavy atom. The molecular formula is C37H46FN12O5+. The van der Waals surface area contributed by atoms with Crippen LogP contribution in [0.15, 0.2) is 41.5 Å². The number of rotatable bonds is 15. The summed E-state index contributed by atoms with van der Waals surface area (Å²) in [6, 6.07) is 6.42. The quantitative estimate of drug-likeness (QED) is 0.0583. The van der Waals surface area contributed by atoms with Crippen LogP contribution < -0.4 is 32.3 Å². The Balaban J connectivity index is 0.830. The highest BCUT2D eigenvalue weighted by atomic mass is 19.1. The van der Waals surface area contributed by atoms with Gasteiger partial charge in [-0.15, -0.1) is 0 Å². The van der Waals surface area contributed by atoms with Gasteiger partial charge in [0.2, 0.25) is 11.8 Å². The molecule has 0 bridgehead atoms. The molecule has 0 radical (unpaired) electrons. The Bertz CT molecular complexity index is 2250. The number of unbranched alkanes of at least 4 members (excludes halogenated alkanes) is 3. The molecule has 5 heterocycles. The number of quaternary nitrogens is 1. The van der Waals surface area contributed by atoms with E-state index in [9.17, 15) is 28.4 Å². The second-order valence-corrected chi connectivity index (χ2v) is 14.4. The first-order valence-corrected chi connectivity index (χ1v) is 18.7. The largest absolute Gasteiger partial charge is 0.385 e. The molecule has 7 N–H and O–H groups in total. The maximum absolute atomic E-state index is 13.4. The second-order valence-electron chi connectivity index (χ2n) is 14.4. The summed E-state index contributed by atoms with van der Waals surface area (Å²) in [5.41, 5.74) is 4.44. The van der Waals surface area contributed by atoms with Gasteiger partial charge in [0.1, 0.15) is 30.1 Å². The summed E-state index contributed by atoms with van der Waals surface area (Å²) in [6.45, 7) is 1.68. The number of nitrogens with two attached hydrogens (primary N) is 1. The average molecular weight is 758 g/mol. The lowest BCUT2D eigenvalue weighted by molar-refractivity contribution is -0.636. The number of nitrogens with one attached hydrogen (secondary N) is 5.